The summed E-state index contributed by atoms with van der Waals surface area (Å²) >= 11 is 1.61. The highest BCUT2D eigenvalue weighted by atomic mass is 32.2. The summed E-state index contributed by atoms with van der Waals surface area (Å²) < 4.78 is 18.2. The monoisotopic (exact) mass is 317 g/mol. The van der Waals surface area contributed by atoms with Crippen molar-refractivity contribution in [2.75, 3.05) is 12.9 Å². The molecule has 2 aromatic rings. The lowest BCUT2D eigenvalue weighted by Gasteiger charge is -2.24. The minimum atomic E-state index is -0.266. The van der Waals surface area contributed by atoms with Crippen LogP contribution in [0.25, 0.3) is 0 Å². The van der Waals surface area contributed by atoms with Gasteiger partial charge < -0.3 is 9.64 Å². The van der Waals surface area contributed by atoms with Crippen LogP contribution in [0.15, 0.2) is 48.5 Å². The predicted molar refractivity (Wildman–Crippen MR) is 85.1 cm³/mol. The smallest absolute Gasteiger partial charge is 0.234 e. The zero-order chi connectivity index (χ0) is 15.5. The number of ether oxygens (including phenoxy) is 1. The van der Waals surface area contributed by atoms with Crippen LogP contribution < -0.4 is 4.74 Å². The molecule has 3 nitrogen and oxygen atoms in total. The quantitative estimate of drug-likeness (QED) is 0.863. The summed E-state index contributed by atoms with van der Waals surface area (Å²) in [4.78, 5) is 14.0. The number of rotatable bonds is 4. The van der Waals surface area contributed by atoms with E-state index in [0.29, 0.717) is 12.3 Å². The van der Waals surface area contributed by atoms with Gasteiger partial charge >= 0.3 is 0 Å². The van der Waals surface area contributed by atoms with Crippen LogP contribution in [0.5, 0.6) is 5.75 Å². The molecule has 1 unspecified atom stereocenters. The Morgan fingerprint density at radius 1 is 1.18 bits per heavy atom. The van der Waals surface area contributed by atoms with E-state index in [0.717, 1.165) is 16.9 Å². The molecule has 22 heavy (non-hydrogen) atoms. The van der Waals surface area contributed by atoms with Gasteiger partial charge in [-0.3, -0.25) is 4.79 Å². The van der Waals surface area contributed by atoms with Gasteiger partial charge in [-0.15, -0.1) is 11.8 Å². The van der Waals surface area contributed by atoms with Crippen molar-refractivity contribution in [2.45, 2.75) is 11.9 Å². The van der Waals surface area contributed by atoms with Crippen molar-refractivity contribution in [1.29, 1.82) is 0 Å². The number of methoxy groups -OCH3 is 1. The fraction of sp³-hybridized carbons (Fsp3) is 0.235. The molecular formula is C17H16FNO2S. The van der Waals surface area contributed by atoms with Crippen molar-refractivity contribution in [3.8, 4) is 5.75 Å². The maximum atomic E-state index is 13.0. The predicted octanol–water partition coefficient (Wildman–Crippen LogP) is 3.61. The van der Waals surface area contributed by atoms with Crippen LogP contribution >= 0.6 is 11.8 Å². The second-order valence-corrected chi connectivity index (χ2v) is 6.15. The van der Waals surface area contributed by atoms with E-state index in [4.69, 9.17) is 4.74 Å². The van der Waals surface area contributed by atoms with Crippen LogP contribution in [0.4, 0.5) is 4.39 Å². The van der Waals surface area contributed by atoms with Crippen LogP contribution in [0.1, 0.15) is 16.5 Å². The molecule has 0 radical (unpaired) electrons. The SMILES string of the molecule is COc1ccc(C2SCC(=O)N2Cc2ccc(F)cc2)cc1. The Labute approximate surface area is 133 Å². The maximum Gasteiger partial charge on any atom is 0.234 e. The zero-order valence-electron chi connectivity index (χ0n) is 12.2. The molecule has 0 N–H and O–H groups in total. The first-order valence-electron chi connectivity index (χ1n) is 6.97. The van der Waals surface area contributed by atoms with E-state index >= 15 is 0 Å². The number of carbonyl (C=O) groups is 1. The highest BCUT2D eigenvalue weighted by molar-refractivity contribution is 8.00. The third-order valence-corrected chi connectivity index (χ3v) is 4.89. The summed E-state index contributed by atoms with van der Waals surface area (Å²) in [6, 6.07) is 14.0. The van der Waals surface area contributed by atoms with E-state index < -0.39 is 0 Å². The van der Waals surface area contributed by atoms with Gasteiger partial charge in [0.2, 0.25) is 5.91 Å². The lowest BCUT2D eigenvalue weighted by atomic mass is 10.1. The van der Waals surface area contributed by atoms with Crippen molar-refractivity contribution in [1.82, 2.24) is 4.90 Å². The number of hydrogen-bond acceptors (Lipinski definition) is 3. The second-order valence-electron chi connectivity index (χ2n) is 5.08. The van der Waals surface area contributed by atoms with Crippen LogP contribution in [-0.4, -0.2) is 23.7 Å². The number of thioether (sulfide) groups is 1. The van der Waals surface area contributed by atoms with Crippen molar-refractivity contribution in [3.63, 3.8) is 0 Å². The average molecular weight is 317 g/mol. The standard InChI is InChI=1S/C17H16FNO2S/c1-21-15-8-4-13(5-9-15)17-19(16(20)11-22-17)10-12-2-6-14(18)7-3-12/h2-9,17H,10-11H2,1H3. The van der Waals surface area contributed by atoms with E-state index in [1.54, 1.807) is 31.0 Å². The third kappa shape index (κ3) is 3.09. The lowest BCUT2D eigenvalue weighted by Crippen LogP contribution is -2.27. The molecule has 2 aromatic carbocycles. The topological polar surface area (TPSA) is 29.5 Å². The van der Waals surface area contributed by atoms with Crippen molar-refractivity contribution in [3.05, 3.63) is 65.5 Å². The van der Waals surface area contributed by atoms with E-state index in [-0.39, 0.29) is 17.1 Å². The fourth-order valence-corrected chi connectivity index (χ4v) is 3.64. The number of halogens is 1. The molecule has 1 atom stereocenters. The highest BCUT2D eigenvalue weighted by Gasteiger charge is 2.32. The molecule has 1 amide bonds. The van der Waals surface area contributed by atoms with Gasteiger partial charge in [0.15, 0.2) is 0 Å². The van der Waals surface area contributed by atoms with E-state index in [1.807, 2.05) is 29.2 Å². The largest absolute Gasteiger partial charge is 0.497 e. The van der Waals surface area contributed by atoms with Gasteiger partial charge in [-0.1, -0.05) is 24.3 Å². The molecule has 1 aliphatic rings. The number of nitrogens with zero attached hydrogens (tertiary/aromatic N) is 1. The van der Waals surface area contributed by atoms with Gasteiger partial charge in [0.1, 0.15) is 16.9 Å². The first-order valence-corrected chi connectivity index (χ1v) is 8.02. The summed E-state index contributed by atoms with van der Waals surface area (Å²) in [5.41, 5.74) is 1.99. The average Bonchev–Trinajstić information content (AvgIpc) is 2.91. The lowest BCUT2D eigenvalue weighted by molar-refractivity contribution is -0.128. The van der Waals surface area contributed by atoms with E-state index in [2.05, 4.69) is 0 Å². The molecular weight excluding hydrogens is 301 g/mol. The Kier molecular flexibility index (Phi) is 4.34. The fourth-order valence-electron chi connectivity index (χ4n) is 2.46. The molecule has 0 aromatic heterocycles. The van der Waals surface area contributed by atoms with Gasteiger partial charge in [-0.05, 0) is 35.4 Å². The zero-order valence-corrected chi connectivity index (χ0v) is 13.0. The van der Waals surface area contributed by atoms with Gasteiger partial charge in [0.05, 0.1) is 12.9 Å². The van der Waals surface area contributed by atoms with Crippen LogP contribution in [0, 0.1) is 5.82 Å². The van der Waals surface area contributed by atoms with E-state index in [1.165, 1.54) is 12.1 Å². The highest BCUT2D eigenvalue weighted by Crippen LogP contribution is 2.39. The first kappa shape index (κ1) is 14.9. The first-order chi connectivity index (χ1) is 10.7. The van der Waals surface area contributed by atoms with Crippen LogP contribution in [-0.2, 0) is 11.3 Å². The molecule has 0 aliphatic carbocycles. The van der Waals surface area contributed by atoms with Gasteiger partial charge in [-0.2, -0.15) is 0 Å². The van der Waals surface area contributed by atoms with Crippen LogP contribution in [0.3, 0.4) is 0 Å². The molecule has 0 bridgehead atoms. The number of carbonyl (C=O) groups excluding carboxylic acids is 1. The van der Waals surface area contributed by atoms with Crippen LogP contribution in [0.2, 0.25) is 0 Å². The molecule has 0 saturated carbocycles. The second kappa shape index (κ2) is 6.40. The Hall–Kier alpha value is -2.01. The van der Waals surface area contributed by atoms with Crippen molar-refractivity contribution < 1.29 is 13.9 Å². The summed E-state index contributed by atoms with van der Waals surface area (Å²) in [6.45, 7) is 0.489. The molecule has 1 aliphatic heterocycles. The molecule has 1 heterocycles. The molecule has 114 valence electrons. The summed E-state index contributed by atoms with van der Waals surface area (Å²) in [5, 5.41) is -0.0107. The Morgan fingerprint density at radius 3 is 2.50 bits per heavy atom. The maximum absolute atomic E-state index is 13.0. The van der Waals surface area contributed by atoms with Gasteiger partial charge in [0, 0.05) is 6.54 Å². The number of benzene rings is 2. The minimum Gasteiger partial charge on any atom is -0.497 e. The normalized spacial score (nSPS) is 17.8. The van der Waals surface area contributed by atoms with E-state index in [9.17, 15) is 9.18 Å². The summed E-state index contributed by atoms with van der Waals surface area (Å²) in [5.74, 6) is 1.11. The Balaban J connectivity index is 1.80. The van der Waals surface area contributed by atoms with Gasteiger partial charge in [0.25, 0.3) is 0 Å². The molecule has 1 saturated heterocycles. The number of hydrogen-bond donors (Lipinski definition) is 0. The Morgan fingerprint density at radius 2 is 1.86 bits per heavy atom. The van der Waals surface area contributed by atoms with Crippen molar-refractivity contribution in [2.24, 2.45) is 0 Å². The number of amides is 1. The minimum absolute atomic E-state index is 0.0107. The molecule has 0 spiro atoms. The third-order valence-electron chi connectivity index (χ3n) is 3.64. The summed E-state index contributed by atoms with van der Waals surface area (Å²) in [6.07, 6.45) is 0. The Bertz CT molecular complexity index is 657. The molecule has 3 rings (SSSR count). The molecule has 5 heteroatoms. The summed E-state index contributed by atoms with van der Waals surface area (Å²) in [7, 11) is 1.63. The van der Waals surface area contributed by atoms with Crippen molar-refractivity contribution >= 4 is 17.7 Å². The molecule has 1 fully saturated rings. The van der Waals surface area contributed by atoms with Gasteiger partial charge in [-0.25, -0.2) is 4.39 Å².